The molecule has 0 radical (unpaired) electrons. The summed E-state index contributed by atoms with van der Waals surface area (Å²) in [6.45, 7) is 3.96. The number of nitrogens with zero attached hydrogens (tertiary/aromatic N) is 1. The first-order valence-corrected chi connectivity index (χ1v) is 6.30. The van der Waals surface area contributed by atoms with Crippen LogP contribution in [0.1, 0.15) is 25.8 Å². The first-order valence-electron chi connectivity index (χ1n) is 6.30. The van der Waals surface area contributed by atoms with Crippen molar-refractivity contribution >= 4 is 23.6 Å². The van der Waals surface area contributed by atoms with Gasteiger partial charge in [0.1, 0.15) is 0 Å². The summed E-state index contributed by atoms with van der Waals surface area (Å²) < 4.78 is 4.79. The van der Waals surface area contributed by atoms with Crippen molar-refractivity contribution < 1.29 is 14.3 Å². The van der Waals surface area contributed by atoms with Crippen molar-refractivity contribution in [2.24, 2.45) is 0 Å². The number of carbonyl (C=O) groups is 2. The van der Waals surface area contributed by atoms with Crippen LogP contribution in [-0.4, -0.2) is 25.5 Å². The van der Waals surface area contributed by atoms with E-state index in [9.17, 15) is 9.59 Å². The first kappa shape index (κ1) is 15.0. The molecule has 102 valence electrons. The molecule has 0 heterocycles. The normalized spacial score (nSPS) is 10.5. The van der Waals surface area contributed by atoms with Gasteiger partial charge < -0.3 is 9.64 Å². The minimum atomic E-state index is -0.357. The van der Waals surface area contributed by atoms with E-state index >= 15 is 0 Å². The highest BCUT2D eigenvalue weighted by atomic mass is 16.5. The van der Waals surface area contributed by atoms with Crippen LogP contribution >= 0.6 is 0 Å². The Morgan fingerprint density at radius 2 is 1.84 bits per heavy atom. The van der Waals surface area contributed by atoms with Gasteiger partial charge in [0.25, 0.3) is 0 Å². The van der Waals surface area contributed by atoms with E-state index in [1.807, 2.05) is 31.2 Å². The Morgan fingerprint density at radius 3 is 2.37 bits per heavy atom. The standard InChI is InChI=1S/C15H19NO3/c1-4-14(17)16(3)13-9-6-12(7-10-13)8-11-15(18)19-5-2/h6-11H,4-5H2,1-3H3/b11-8+. The Balaban J connectivity index is 2.71. The van der Waals surface area contributed by atoms with Gasteiger partial charge in [-0.05, 0) is 30.7 Å². The summed E-state index contributed by atoms with van der Waals surface area (Å²) in [6.07, 6.45) is 3.55. The molecule has 0 bridgehead atoms. The zero-order chi connectivity index (χ0) is 14.3. The molecule has 1 rings (SSSR count). The lowest BCUT2D eigenvalue weighted by atomic mass is 10.2. The van der Waals surface area contributed by atoms with Gasteiger partial charge in [-0.25, -0.2) is 4.79 Å². The van der Waals surface area contributed by atoms with E-state index < -0.39 is 0 Å². The Bertz CT molecular complexity index is 463. The quantitative estimate of drug-likeness (QED) is 0.604. The fourth-order valence-electron chi connectivity index (χ4n) is 1.54. The molecule has 0 spiro atoms. The first-order chi connectivity index (χ1) is 9.08. The number of amides is 1. The molecule has 0 aliphatic rings. The van der Waals surface area contributed by atoms with Gasteiger partial charge >= 0.3 is 5.97 Å². The summed E-state index contributed by atoms with van der Waals surface area (Å²) in [6, 6.07) is 7.39. The van der Waals surface area contributed by atoms with Crippen LogP contribution in [0.25, 0.3) is 6.08 Å². The Hall–Kier alpha value is -2.10. The van der Waals surface area contributed by atoms with E-state index in [0.717, 1.165) is 11.3 Å². The van der Waals surface area contributed by atoms with Gasteiger partial charge in [0, 0.05) is 25.2 Å². The van der Waals surface area contributed by atoms with Gasteiger partial charge in [0.2, 0.25) is 5.91 Å². The summed E-state index contributed by atoms with van der Waals surface area (Å²) in [4.78, 5) is 24.3. The Morgan fingerprint density at radius 1 is 1.21 bits per heavy atom. The van der Waals surface area contributed by atoms with Crippen LogP contribution in [0.2, 0.25) is 0 Å². The lowest BCUT2D eigenvalue weighted by molar-refractivity contribution is -0.137. The summed E-state index contributed by atoms with van der Waals surface area (Å²) in [5.41, 5.74) is 1.72. The maximum absolute atomic E-state index is 11.5. The fraction of sp³-hybridized carbons (Fsp3) is 0.333. The van der Waals surface area contributed by atoms with Crippen LogP contribution < -0.4 is 4.90 Å². The average molecular weight is 261 g/mol. The molecule has 0 fully saturated rings. The molecule has 1 aromatic rings. The van der Waals surface area contributed by atoms with Crippen molar-refractivity contribution in [3.8, 4) is 0 Å². The minimum Gasteiger partial charge on any atom is -0.463 e. The largest absolute Gasteiger partial charge is 0.463 e. The van der Waals surface area contributed by atoms with Gasteiger partial charge in [-0.2, -0.15) is 0 Å². The topological polar surface area (TPSA) is 46.6 Å². The van der Waals surface area contributed by atoms with Crippen molar-refractivity contribution in [3.63, 3.8) is 0 Å². The predicted molar refractivity (Wildman–Crippen MR) is 75.8 cm³/mol. The molecule has 1 aromatic carbocycles. The third kappa shape index (κ3) is 4.58. The number of rotatable bonds is 5. The van der Waals surface area contributed by atoms with E-state index in [1.54, 1.807) is 24.9 Å². The van der Waals surface area contributed by atoms with E-state index in [0.29, 0.717) is 13.0 Å². The number of esters is 1. The SMILES string of the molecule is CCOC(=O)/C=C/c1ccc(N(C)C(=O)CC)cc1. The third-order valence-corrected chi connectivity index (χ3v) is 2.66. The second-order valence-corrected chi connectivity index (χ2v) is 3.98. The van der Waals surface area contributed by atoms with Crippen LogP contribution in [0.4, 0.5) is 5.69 Å². The average Bonchev–Trinajstić information content (AvgIpc) is 2.44. The highest BCUT2D eigenvalue weighted by Crippen LogP contribution is 2.15. The molecule has 0 aliphatic heterocycles. The van der Waals surface area contributed by atoms with Crippen LogP contribution in [0.5, 0.6) is 0 Å². The molecule has 4 nitrogen and oxygen atoms in total. The van der Waals surface area contributed by atoms with Crippen molar-refractivity contribution in [2.45, 2.75) is 20.3 Å². The second-order valence-electron chi connectivity index (χ2n) is 3.98. The number of benzene rings is 1. The molecule has 0 unspecified atom stereocenters. The minimum absolute atomic E-state index is 0.0646. The van der Waals surface area contributed by atoms with Crippen LogP contribution in [-0.2, 0) is 14.3 Å². The van der Waals surface area contributed by atoms with E-state index in [2.05, 4.69) is 0 Å². The van der Waals surface area contributed by atoms with Gasteiger partial charge in [0.15, 0.2) is 0 Å². The van der Waals surface area contributed by atoms with E-state index in [1.165, 1.54) is 6.08 Å². The summed E-state index contributed by atoms with van der Waals surface area (Å²) in [5.74, 6) is -0.292. The number of ether oxygens (including phenoxy) is 1. The van der Waals surface area contributed by atoms with Crippen molar-refractivity contribution in [3.05, 3.63) is 35.9 Å². The predicted octanol–water partition coefficient (Wildman–Crippen LogP) is 2.64. The molecule has 0 N–H and O–H groups in total. The molecule has 1 amide bonds. The summed E-state index contributed by atoms with van der Waals surface area (Å²) in [7, 11) is 1.75. The number of hydrogen-bond donors (Lipinski definition) is 0. The molecule has 0 atom stereocenters. The summed E-state index contributed by atoms with van der Waals surface area (Å²) in [5, 5.41) is 0. The number of hydrogen-bond acceptors (Lipinski definition) is 3. The maximum Gasteiger partial charge on any atom is 0.330 e. The Labute approximate surface area is 113 Å². The van der Waals surface area contributed by atoms with Gasteiger partial charge in [-0.15, -0.1) is 0 Å². The smallest absolute Gasteiger partial charge is 0.330 e. The maximum atomic E-state index is 11.5. The van der Waals surface area contributed by atoms with Crippen molar-refractivity contribution in [1.82, 2.24) is 0 Å². The molecule has 0 aliphatic carbocycles. The lowest BCUT2D eigenvalue weighted by Crippen LogP contribution is -2.24. The number of carbonyl (C=O) groups excluding carboxylic acids is 2. The fourth-order valence-corrected chi connectivity index (χ4v) is 1.54. The molecular weight excluding hydrogens is 242 g/mol. The van der Waals surface area contributed by atoms with Crippen molar-refractivity contribution in [2.75, 3.05) is 18.6 Å². The van der Waals surface area contributed by atoms with Gasteiger partial charge in [-0.1, -0.05) is 19.1 Å². The van der Waals surface area contributed by atoms with E-state index in [4.69, 9.17) is 4.74 Å². The zero-order valence-corrected chi connectivity index (χ0v) is 11.6. The monoisotopic (exact) mass is 261 g/mol. The van der Waals surface area contributed by atoms with Crippen LogP contribution in [0.3, 0.4) is 0 Å². The lowest BCUT2D eigenvalue weighted by Gasteiger charge is -2.16. The van der Waals surface area contributed by atoms with Gasteiger partial charge in [-0.3, -0.25) is 4.79 Å². The number of anilines is 1. The molecule has 0 saturated carbocycles. The van der Waals surface area contributed by atoms with Crippen LogP contribution in [0.15, 0.2) is 30.3 Å². The molecule has 4 heteroatoms. The van der Waals surface area contributed by atoms with E-state index in [-0.39, 0.29) is 11.9 Å². The van der Waals surface area contributed by atoms with Crippen molar-refractivity contribution in [1.29, 1.82) is 0 Å². The molecular formula is C15H19NO3. The zero-order valence-electron chi connectivity index (χ0n) is 11.6. The highest BCUT2D eigenvalue weighted by molar-refractivity contribution is 5.92. The molecule has 19 heavy (non-hydrogen) atoms. The molecule has 0 saturated heterocycles. The van der Waals surface area contributed by atoms with Gasteiger partial charge in [0.05, 0.1) is 6.61 Å². The highest BCUT2D eigenvalue weighted by Gasteiger charge is 2.07. The Kier molecular flexibility index (Phi) is 5.79. The molecule has 0 aromatic heterocycles. The van der Waals surface area contributed by atoms with Crippen LogP contribution in [0, 0.1) is 0 Å². The summed E-state index contributed by atoms with van der Waals surface area (Å²) >= 11 is 0. The second kappa shape index (κ2) is 7.36. The third-order valence-electron chi connectivity index (χ3n) is 2.66.